The number of hydrogen-bond acceptors (Lipinski definition) is 5. The van der Waals surface area contributed by atoms with Crippen molar-refractivity contribution < 1.29 is 17.6 Å². The van der Waals surface area contributed by atoms with Gasteiger partial charge in [0, 0.05) is 11.3 Å². The van der Waals surface area contributed by atoms with Crippen LogP contribution in [-0.4, -0.2) is 15.5 Å². The lowest BCUT2D eigenvalue weighted by molar-refractivity contribution is 0.408. The van der Waals surface area contributed by atoms with Gasteiger partial charge in [0.2, 0.25) is 5.09 Å². The maximum atomic E-state index is 11.1. The summed E-state index contributed by atoms with van der Waals surface area (Å²) in [5.41, 5.74) is 2.93. The predicted molar refractivity (Wildman–Crippen MR) is 79.9 cm³/mol. The Morgan fingerprint density at radius 2 is 1.95 bits per heavy atom. The fraction of sp³-hybridized carbons (Fsp3) is 0.286. The molecule has 0 aliphatic heterocycles. The molecule has 2 aromatic rings. The first-order chi connectivity index (χ1) is 9.82. The third kappa shape index (κ3) is 3.37. The van der Waals surface area contributed by atoms with Crippen molar-refractivity contribution in [1.29, 1.82) is 0 Å². The second-order valence-electron chi connectivity index (χ2n) is 4.71. The van der Waals surface area contributed by atoms with Gasteiger partial charge in [-0.05, 0) is 37.6 Å². The third-order valence-corrected chi connectivity index (χ3v) is 3.96. The summed E-state index contributed by atoms with van der Waals surface area (Å²) in [6.07, 6.45) is 0. The quantitative estimate of drug-likeness (QED) is 0.882. The molecular formula is C14H18N2O4S. The van der Waals surface area contributed by atoms with Gasteiger partial charge in [0.25, 0.3) is 10.0 Å². The second kappa shape index (κ2) is 5.79. The van der Waals surface area contributed by atoms with E-state index < -0.39 is 10.0 Å². The molecule has 114 valence electrons. The lowest BCUT2D eigenvalue weighted by Crippen LogP contribution is -2.10. The van der Waals surface area contributed by atoms with Crippen LogP contribution in [0.4, 0.5) is 5.69 Å². The van der Waals surface area contributed by atoms with E-state index in [9.17, 15) is 8.42 Å². The molecule has 1 aromatic carbocycles. The predicted octanol–water partition coefficient (Wildman–Crippen LogP) is 2.16. The largest absolute Gasteiger partial charge is 0.496 e. The fourth-order valence-corrected chi connectivity index (χ4v) is 2.60. The number of anilines is 1. The molecule has 0 atom stereocenters. The topological polar surface area (TPSA) is 94.6 Å². The number of ether oxygens (including phenoxy) is 1. The van der Waals surface area contributed by atoms with Crippen LogP contribution < -0.4 is 15.2 Å². The van der Waals surface area contributed by atoms with E-state index in [0.29, 0.717) is 12.3 Å². The highest BCUT2D eigenvalue weighted by Crippen LogP contribution is 2.29. The molecular weight excluding hydrogens is 292 g/mol. The lowest BCUT2D eigenvalue weighted by Gasteiger charge is -2.14. The zero-order valence-electron chi connectivity index (χ0n) is 12.1. The number of benzene rings is 1. The van der Waals surface area contributed by atoms with Crippen molar-refractivity contribution >= 4 is 15.7 Å². The second-order valence-corrected chi connectivity index (χ2v) is 6.20. The number of sulfonamides is 1. The van der Waals surface area contributed by atoms with Crippen LogP contribution in [0.5, 0.6) is 5.75 Å². The molecule has 0 fully saturated rings. The molecule has 0 aliphatic rings. The van der Waals surface area contributed by atoms with Crippen LogP contribution in [0.25, 0.3) is 0 Å². The van der Waals surface area contributed by atoms with Gasteiger partial charge in [0.1, 0.15) is 11.5 Å². The number of rotatable bonds is 5. The minimum atomic E-state index is -3.80. The number of hydrogen-bond donors (Lipinski definition) is 2. The van der Waals surface area contributed by atoms with Gasteiger partial charge in [-0.25, -0.2) is 13.6 Å². The van der Waals surface area contributed by atoms with Gasteiger partial charge in [0.05, 0.1) is 13.7 Å². The number of nitrogens with two attached hydrogens (primary N) is 1. The summed E-state index contributed by atoms with van der Waals surface area (Å²) in [4.78, 5) is 0. The Morgan fingerprint density at radius 1 is 1.24 bits per heavy atom. The smallest absolute Gasteiger partial charge is 0.271 e. The van der Waals surface area contributed by atoms with E-state index in [-0.39, 0.29) is 5.09 Å². The minimum Gasteiger partial charge on any atom is -0.496 e. The number of nitrogens with one attached hydrogen (secondary N) is 1. The van der Waals surface area contributed by atoms with Gasteiger partial charge in [-0.15, -0.1) is 0 Å². The van der Waals surface area contributed by atoms with Crippen molar-refractivity contribution in [1.82, 2.24) is 0 Å². The van der Waals surface area contributed by atoms with Crippen molar-refractivity contribution in [3.63, 3.8) is 0 Å². The van der Waals surface area contributed by atoms with Crippen molar-refractivity contribution in [3.8, 4) is 5.75 Å². The summed E-state index contributed by atoms with van der Waals surface area (Å²) < 4.78 is 32.8. The number of primary sulfonamides is 1. The highest BCUT2D eigenvalue weighted by Gasteiger charge is 2.13. The molecule has 0 aliphatic carbocycles. The molecule has 0 saturated heterocycles. The summed E-state index contributed by atoms with van der Waals surface area (Å²) in [7, 11) is -2.17. The Morgan fingerprint density at radius 3 is 2.52 bits per heavy atom. The summed E-state index contributed by atoms with van der Waals surface area (Å²) >= 11 is 0. The molecule has 0 spiro atoms. The normalized spacial score (nSPS) is 11.4. The molecule has 7 heteroatoms. The average Bonchev–Trinajstić information content (AvgIpc) is 2.87. The van der Waals surface area contributed by atoms with Crippen LogP contribution in [0.15, 0.2) is 33.8 Å². The Balaban J connectivity index is 2.15. The SMILES string of the molecule is COc1c(C)ccc(NCc2ccc(S(N)(=O)=O)o2)c1C. The third-order valence-electron chi connectivity index (χ3n) is 3.18. The standard InChI is InChI=1S/C14H18N2O4S/c1-9-4-6-12(10(2)14(9)19-3)16-8-11-5-7-13(20-11)21(15,17)18/h4-7,16H,8H2,1-3H3,(H2,15,17,18). The molecule has 1 aromatic heterocycles. The summed E-state index contributed by atoms with van der Waals surface area (Å²) in [6.45, 7) is 4.27. The zero-order chi connectivity index (χ0) is 15.6. The highest BCUT2D eigenvalue weighted by molar-refractivity contribution is 7.89. The van der Waals surface area contributed by atoms with Gasteiger partial charge in [-0.2, -0.15) is 0 Å². The Labute approximate surface area is 124 Å². The van der Waals surface area contributed by atoms with E-state index in [0.717, 1.165) is 22.6 Å². The van der Waals surface area contributed by atoms with Crippen molar-refractivity contribution in [2.24, 2.45) is 5.14 Å². The fourth-order valence-electron chi connectivity index (χ4n) is 2.12. The first-order valence-corrected chi connectivity index (χ1v) is 7.87. The average molecular weight is 310 g/mol. The van der Waals surface area contributed by atoms with E-state index in [1.807, 2.05) is 26.0 Å². The van der Waals surface area contributed by atoms with Crippen molar-refractivity contribution in [3.05, 3.63) is 41.2 Å². The van der Waals surface area contributed by atoms with E-state index >= 15 is 0 Å². The molecule has 6 nitrogen and oxygen atoms in total. The first-order valence-electron chi connectivity index (χ1n) is 6.32. The molecule has 1 heterocycles. The van der Waals surface area contributed by atoms with Crippen LogP contribution in [0, 0.1) is 13.8 Å². The molecule has 3 N–H and O–H groups in total. The van der Waals surface area contributed by atoms with Crippen LogP contribution in [0.1, 0.15) is 16.9 Å². The molecule has 0 bridgehead atoms. The summed E-state index contributed by atoms with van der Waals surface area (Å²) in [6, 6.07) is 6.81. The Kier molecular flexibility index (Phi) is 4.24. The van der Waals surface area contributed by atoms with E-state index in [1.54, 1.807) is 13.2 Å². The van der Waals surface area contributed by atoms with Crippen molar-refractivity contribution in [2.45, 2.75) is 25.5 Å². The van der Waals surface area contributed by atoms with Crippen LogP contribution in [0.3, 0.4) is 0 Å². The Bertz CT molecular complexity index is 750. The van der Waals surface area contributed by atoms with Gasteiger partial charge >= 0.3 is 0 Å². The summed E-state index contributed by atoms with van der Waals surface area (Å²) in [5.74, 6) is 1.31. The number of furan rings is 1. The van der Waals surface area contributed by atoms with Gasteiger partial charge in [-0.3, -0.25) is 0 Å². The van der Waals surface area contributed by atoms with E-state index in [4.69, 9.17) is 14.3 Å². The van der Waals surface area contributed by atoms with Crippen LogP contribution >= 0.6 is 0 Å². The molecule has 0 unspecified atom stereocenters. The molecule has 0 radical (unpaired) electrons. The molecule has 0 amide bonds. The maximum Gasteiger partial charge on any atom is 0.271 e. The first kappa shape index (κ1) is 15.4. The van der Waals surface area contributed by atoms with E-state index in [2.05, 4.69) is 5.32 Å². The molecule has 2 rings (SSSR count). The Hall–Kier alpha value is -1.99. The maximum absolute atomic E-state index is 11.1. The van der Waals surface area contributed by atoms with Crippen LogP contribution in [0.2, 0.25) is 0 Å². The van der Waals surface area contributed by atoms with E-state index in [1.165, 1.54) is 6.07 Å². The van der Waals surface area contributed by atoms with Gasteiger partial charge in [-0.1, -0.05) is 6.07 Å². The molecule has 0 saturated carbocycles. The highest BCUT2D eigenvalue weighted by atomic mass is 32.2. The van der Waals surface area contributed by atoms with Gasteiger partial charge < -0.3 is 14.5 Å². The summed E-state index contributed by atoms with van der Waals surface area (Å²) in [5, 5.41) is 7.95. The van der Waals surface area contributed by atoms with Gasteiger partial charge in [0.15, 0.2) is 0 Å². The van der Waals surface area contributed by atoms with Crippen LogP contribution in [-0.2, 0) is 16.6 Å². The monoisotopic (exact) mass is 310 g/mol. The lowest BCUT2D eigenvalue weighted by atomic mass is 10.1. The molecule has 21 heavy (non-hydrogen) atoms. The van der Waals surface area contributed by atoms with Crippen molar-refractivity contribution in [2.75, 3.05) is 12.4 Å². The number of aryl methyl sites for hydroxylation is 1. The minimum absolute atomic E-state index is 0.238. The number of methoxy groups -OCH3 is 1. The zero-order valence-corrected chi connectivity index (χ0v) is 13.0.